The zero-order valence-electron chi connectivity index (χ0n) is 7.15. The van der Waals surface area contributed by atoms with Gasteiger partial charge in [-0.25, -0.2) is 0 Å². The van der Waals surface area contributed by atoms with E-state index in [2.05, 4.69) is 4.74 Å². The topological polar surface area (TPSA) is 139 Å². The second-order valence-electron chi connectivity index (χ2n) is 3.17. The minimum atomic E-state index is -4.64. The fraction of sp³-hybridized carbons (Fsp3) is 1.00. The van der Waals surface area contributed by atoms with E-state index in [4.69, 9.17) is 10.2 Å². The highest BCUT2D eigenvalue weighted by atomic mass is 31.2. The minimum Gasteiger partial charge on any atom is -0.688 e. The fourth-order valence-corrected chi connectivity index (χ4v) is 1.82. The Kier molecular flexibility index (Phi) is 3.79. The molecule has 8 heteroatoms. The molecule has 14 heavy (non-hydrogen) atoms. The minimum absolute atomic E-state index is 0.237. The molecule has 7 nitrogen and oxygen atoms in total. The van der Waals surface area contributed by atoms with Crippen molar-refractivity contribution in [1.82, 2.24) is 0 Å². The lowest BCUT2D eigenvalue weighted by molar-refractivity contribution is -0.427. The first-order chi connectivity index (χ1) is 6.31. The average Bonchev–Trinajstić information content (AvgIpc) is 2.28. The largest absolute Gasteiger partial charge is 0.688 e. The maximum Gasteiger partial charge on any atom is 0.183 e. The number of aliphatic hydroxyl groups excluding tert-OH is 3. The van der Waals surface area contributed by atoms with E-state index in [0.717, 1.165) is 0 Å². The Bertz CT molecular complexity index is 193. The summed E-state index contributed by atoms with van der Waals surface area (Å²) in [7, 11) is -4.64. The van der Waals surface area contributed by atoms with Crippen LogP contribution in [0.15, 0.2) is 0 Å². The molecular formula is C6H11O7P-2. The number of aliphatic hydroxyl groups is 3. The molecule has 1 saturated heterocycles. The summed E-state index contributed by atoms with van der Waals surface area (Å²) in [5.74, 6) is 0. The Morgan fingerprint density at radius 3 is 2.00 bits per heavy atom. The molecule has 0 radical (unpaired) electrons. The normalized spacial score (nSPS) is 39.0. The molecule has 4 atom stereocenters. The smallest absolute Gasteiger partial charge is 0.183 e. The molecule has 0 aromatic carbocycles. The van der Waals surface area contributed by atoms with Crippen molar-refractivity contribution in [3.05, 3.63) is 0 Å². The molecular weight excluding hydrogens is 215 g/mol. The third-order valence-corrected chi connectivity index (χ3v) is 2.83. The third-order valence-electron chi connectivity index (χ3n) is 2.02. The van der Waals surface area contributed by atoms with E-state index in [0.29, 0.717) is 0 Å². The standard InChI is InChI=1S/C6H13O7P/c7-4-3(1-2-14(10,11)12)13-6(9)5(4)8/h3-9H,1-2H2,(H2,10,11,12)/p-2/t3-,4-,5+,6?/m1/s1. The van der Waals surface area contributed by atoms with Crippen LogP contribution in [-0.2, 0) is 4.74 Å². The van der Waals surface area contributed by atoms with Crippen LogP contribution < -0.4 is 14.7 Å². The van der Waals surface area contributed by atoms with Crippen LogP contribution in [0, 0.1) is 0 Å². The molecule has 0 spiro atoms. The molecule has 84 valence electrons. The van der Waals surface area contributed by atoms with E-state index >= 15 is 0 Å². The van der Waals surface area contributed by atoms with Gasteiger partial charge in [0.25, 0.3) is 0 Å². The van der Waals surface area contributed by atoms with Gasteiger partial charge in [0.15, 0.2) is 6.29 Å². The van der Waals surface area contributed by atoms with Crippen molar-refractivity contribution in [3.63, 3.8) is 0 Å². The second kappa shape index (κ2) is 4.34. The van der Waals surface area contributed by atoms with Gasteiger partial charge in [-0.05, 0) is 0 Å². The van der Waals surface area contributed by atoms with Crippen LogP contribution in [0.25, 0.3) is 0 Å². The summed E-state index contributed by atoms with van der Waals surface area (Å²) in [6, 6.07) is 0. The van der Waals surface area contributed by atoms with Gasteiger partial charge in [-0.1, -0.05) is 0 Å². The predicted molar refractivity (Wildman–Crippen MR) is 39.3 cm³/mol. The zero-order valence-corrected chi connectivity index (χ0v) is 8.04. The SMILES string of the molecule is [O-][P+]([O-])([O-])CC[C@H]1OC(O)[C@@H](O)[C@@H]1O. The van der Waals surface area contributed by atoms with Crippen molar-refractivity contribution in [2.45, 2.75) is 31.0 Å². The van der Waals surface area contributed by atoms with E-state index < -0.39 is 38.7 Å². The molecule has 1 rings (SSSR count). The van der Waals surface area contributed by atoms with Crippen molar-refractivity contribution in [2.24, 2.45) is 0 Å². The molecule has 1 aliphatic rings. The maximum absolute atomic E-state index is 10.3. The summed E-state index contributed by atoms with van der Waals surface area (Å²) in [6.45, 7) is 0. The Morgan fingerprint density at radius 2 is 1.64 bits per heavy atom. The Hall–Kier alpha value is 0.150. The molecule has 1 aliphatic heterocycles. The fourth-order valence-electron chi connectivity index (χ4n) is 1.25. The van der Waals surface area contributed by atoms with Gasteiger partial charge in [0, 0.05) is 12.6 Å². The van der Waals surface area contributed by atoms with Gasteiger partial charge in [-0.3, -0.25) is 0 Å². The summed E-state index contributed by atoms with van der Waals surface area (Å²) >= 11 is 0. The van der Waals surface area contributed by atoms with Crippen molar-refractivity contribution >= 4 is 7.94 Å². The molecule has 0 aromatic heterocycles. The summed E-state index contributed by atoms with van der Waals surface area (Å²) in [6.07, 6.45) is -6.29. The quantitative estimate of drug-likeness (QED) is 0.413. The first-order valence-electron chi connectivity index (χ1n) is 4.02. The molecule has 0 aliphatic carbocycles. The van der Waals surface area contributed by atoms with Crippen molar-refractivity contribution in [3.8, 4) is 0 Å². The Labute approximate surface area is 80.8 Å². The van der Waals surface area contributed by atoms with Gasteiger partial charge < -0.3 is 34.7 Å². The summed E-state index contributed by atoms with van der Waals surface area (Å²) < 4.78 is 4.64. The van der Waals surface area contributed by atoms with Crippen molar-refractivity contribution in [2.75, 3.05) is 6.16 Å². The highest BCUT2D eigenvalue weighted by molar-refractivity contribution is 7.54. The van der Waals surface area contributed by atoms with Gasteiger partial charge in [0.05, 0.1) is 6.10 Å². The maximum atomic E-state index is 10.3. The average molecular weight is 226 g/mol. The molecule has 0 aromatic rings. The van der Waals surface area contributed by atoms with Gasteiger partial charge in [-0.15, -0.1) is 0 Å². The van der Waals surface area contributed by atoms with Crippen molar-refractivity contribution in [1.29, 1.82) is 0 Å². The van der Waals surface area contributed by atoms with Gasteiger partial charge in [-0.2, -0.15) is 7.94 Å². The first kappa shape index (κ1) is 12.2. The van der Waals surface area contributed by atoms with Crippen LogP contribution in [0.5, 0.6) is 0 Å². The molecule has 1 heterocycles. The van der Waals surface area contributed by atoms with Crippen molar-refractivity contribution < 1.29 is 34.7 Å². The van der Waals surface area contributed by atoms with Crippen LogP contribution in [0.2, 0.25) is 0 Å². The van der Waals surface area contributed by atoms with Crippen LogP contribution in [-0.4, -0.2) is 46.1 Å². The lowest BCUT2D eigenvalue weighted by Crippen LogP contribution is -2.38. The zero-order chi connectivity index (χ0) is 10.9. The molecule has 0 bridgehead atoms. The van der Waals surface area contributed by atoms with Gasteiger partial charge in [0.1, 0.15) is 12.2 Å². The van der Waals surface area contributed by atoms with E-state index in [1.165, 1.54) is 0 Å². The number of ether oxygens (including phenoxy) is 1. The van der Waals surface area contributed by atoms with Crippen LogP contribution >= 0.6 is 7.94 Å². The van der Waals surface area contributed by atoms with E-state index in [-0.39, 0.29) is 6.42 Å². The summed E-state index contributed by atoms with van der Waals surface area (Å²) in [4.78, 5) is 30.8. The monoisotopic (exact) mass is 226 g/mol. The summed E-state index contributed by atoms with van der Waals surface area (Å²) in [5, 5.41) is 27.1. The van der Waals surface area contributed by atoms with Crippen LogP contribution in [0.1, 0.15) is 6.42 Å². The third kappa shape index (κ3) is 3.08. The number of hydrogen-bond acceptors (Lipinski definition) is 7. The molecule has 0 amide bonds. The lowest BCUT2D eigenvalue weighted by Gasteiger charge is -2.42. The van der Waals surface area contributed by atoms with Gasteiger partial charge in [0.2, 0.25) is 0 Å². The van der Waals surface area contributed by atoms with Crippen LogP contribution in [0.3, 0.4) is 0 Å². The highest BCUT2D eigenvalue weighted by Gasteiger charge is 2.41. The number of hydrogen-bond donors (Lipinski definition) is 3. The highest BCUT2D eigenvalue weighted by Crippen LogP contribution is 2.32. The molecule has 1 unspecified atom stereocenters. The van der Waals surface area contributed by atoms with E-state index in [9.17, 15) is 19.8 Å². The summed E-state index contributed by atoms with van der Waals surface area (Å²) in [5.41, 5.74) is 0. The lowest BCUT2D eigenvalue weighted by atomic mass is 10.1. The second-order valence-corrected chi connectivity index (χ2v) is 4.84. The first-order valence-corrected chi connectivity index (χ1v) is 5.75. The Morgan fingerprint density at radius 1 is 1.07 bits per heavy atom. The van der Waals surface area contributed by atoms with E-state index in [1.54, 1.807) is 0 Å². The van der Waals surface area contributed by atoms with Gasteiger partial charge >= 0.3 is 0 Å². The molecule has 3 N–H and O–H groups in total. The molecule has 0 saturated carbocycles. The predicted octanol–water partition coefficient (Wildman–Crippen LogP) is -4.34. The Balaban J connectivity index is 2.40. The molecule has 1 fully saturated rings. The number of rotatable bonds is 3. The van der Waals surface area contributed by atoms with E-state index in [1.807, 2.05) is 0 Å². The van der Waals surface area contributed by atoms with Crippen LogP contribution in [0.4, 0.5) is 0 Å².